The fourth-order valence-electron chi connectivity index (χ4n) is 3.09. The second kappa shape index (κ2) is 7.55. The van der Waals surface area contributed by atoms with Crippen molar-refractivity contribution < 1.29 is 4.79 Å². The van der Waals surface area contributed by atoms with Gasteiger partial charge in [-0.05, 0) is 13.5 Å². The number of anilines is 1. The maximum atomic E-state index is 12.7. The number of rotatable bonds is 5. The van der Waals surface area contributed by atoms with Crippen LogP contribution in [0, 0.1) is 0 Å². The third-order valence-corrected chi connectivity index (χ3v) is 5.68. The monoisotopic (exact) mass is 376 g/mol. The SMILES string of the molecule is CC(C)c1nc(C(=O)N2CCC(N(C)Cc3cc(=O)[nH]c(N)n3)C2)cs1. The molecule has 9 heteroatoms. The van der Waals surface area contributed by atoms with Gasteiger partial charge < -0.3 is 10.6 Å². The zero-order valence-corrected chi connectivity index (χ0v) is 16.0. The molecule has 1 saturated heterocycles. The number of nitrogens with zero attached hydrogens (tertiary/aromatic N) is 4. The first-order chi connectivity index (χ1) is 12.3. The van der Waals surface area contributed by atoms with Crippen LogP contribution in [0.1, 0.15) is 47.4 Å². The summed E-state index contributed by atoms with van der Waals surface area (Å²) in [6, 6.07) is 1.66. The summed E-state index contributed by atoms with van der Waals surface area (Å²) in [4.78, 5) is 39.2. The third-order valence-electron chi connectivity index (χ3n) is 4.53. The van der Waals surface area contributed by atoms with Gasteiger partial charge in [-0.3, -0.25) is 19.5 Å². The first-order valence-corrected chi connectivity index (χ1v) is 9.52. The van der Waals surface area contributed by atoms with E-state index in [1.54, 1.807) is 0 Å². The highest BCUT2D eigenvalue weighted by Crippen LogP contribution is 2.22. The van der Waals surface area contributed by atoms with E-state index in [2.05, 4.69) is 33.7 Å². The predicted molar refractivity (Wildman–Crippen MR) is 101 cm³/mol. The molecule has 2 aromatic rings. The largest absolute Gasteiger partial charge is 0.369 e. The minimum absolute atomic E-state index is 0.0115. The van der Waals surface area contributed by atoms with E-state index in [-0.39, 0.29) is 23.5 Å². The van der Waals surface area contributed by atoms with Gasteiger partial charge >= 0.3 is 0 Å². The first-order valence-electron chi connectivity index (χ1n) is 8.64. The Labute approximate surface area is 156 Å². The van der Waals surface area contributed by atoms with Crippen molar-refractivity contribution in [1.82, 2.24) is 24.8 Å². The van der Waals surface area contributed by atoms with E-state index in [0.717, 1.165) is 11.4 Å². The number of aromatic amines is 1. The lowest BCUT2D eigenvalue weighted by molar-refractivity contribution is 0.0774. The fourth-order valence-corrected chi connectivity index (χ4v) is 3.90. The summed E-state index contributed by atoms with van der Waals surface area (Å²) in [5.74, 6) is 0.434. The van der Waals surface area contributed by atoms with Crippen LogP contribution >= 0.6 is 11.3 Å². The Hall–Kier alpha value is -2.26. The zero-order valence-electron chi connectivity index (χ0n) is 15.2. The normalized spacial score (nSPS) is 17.4. The zero-order chi connectivity index (χ0) is 18.8. The highest BCUT2D eigenvalue weighted by atomic mass is 32.1. The van der Waals surface area contributed by atoms with Gasteiger partial charge in [0, 0.05) is 43.0 Å². The number of nitrogens with two attached hydrogens (primary N) is 1. The Morgan fingerprint density at radius 1 is 1.50 bits per heavy atom. The molecule has 1 amide bonds. The topological polar surface area (TPSA) is 108 Å². The lowest BCUT2D eigenvalue weighted by atomic mass is 10.2. The van der Waals surface area contributed by atoms with Gasteiger partial charge in [0.1, 0.15) is 5.69 Å². The highest BCUT2D eigenvalue weighted by Gasteiger charge is 2.30. The number of carbonyl (C=O) groups excluding carboxylic acids is 1. The van der Waals surface area contributed by atoms with Gasteiger partial charge in [0.2, 0.25) is 5.95 Å². The van der Waals surface area contributed by atoms with Gasteiger partial charge in [-0.2, -0.15) is 0 Å². The van der Waals surface area contributed by atoms with Crippen molar-refractivity contribution in [2.45, 2.75) is 38.8 Å². The molecule has 0 radical (unpaired) electrons. The molecule has 140 valence electrons. The van der Waals surface area contributed by atoms with Gasteiger partial charge in [0.15, 0.2) is 0 Å². The summed E-state index contributed by atoms with van der Waals surface area (Å²) in [6.45, 7) is 6.00. The van der Waals surface area contributed by atoms with Gasteiger partial charge in [-0.25, -0.2) is 9.97 Å². The van der Waals surface area contributed by atoms with E-state index in [1.165, 1.54) is 17.4 Å². The van der Waals surface area contributed by atoms with Crippen molar-refractivity contribution in [2.75, 3.05) is 25.9 Å². The van der Waals surface area contributed by atoms with Crippen LogP contribution in [-0.4, -0.2) is 56.8 Å². The molecule has 1 fully saturated rings. The molecule has 0 aromatic carbocycles. The summed E-state index contributed by atoms with van der Waals surface area (Å²) in [6.07, 6.45) is 0.877. The fraction of sp³-hybridized carbons (Fsp3) is 0.529. The molecule has 0 aliphatic carbocycles. The van der Waals surface area contributed by atoms with Crippen LogP contribution in [0.15, 0.2) is 16.2 Å². The van der Waals surface area contributed by atoms with E-state index >= 15 is 0 Å². The highest BCUT2D eigenvalue weighted by molar-refractivity contribution is 7.09. The molecule has 3 heterocycles. The maximum absolute atomic E-state index is 12.7. The lowest BCUT2D eigenvalue weighted by Gasteiger charge is -2.24. The van der Waals surface area contributed by atoms with Crippen LogP contribution < -0.4 is 11.3 Å². The van der Waals surface area contributed by atoms with Gasteiger partial charge in [-0.1, -0.05) is 13.8 Å². The van der Waals surface area contributed by atoms with Crippen molar-refractivity contribution >= 4 is 23.2 Å². The van der Waals surface area contributed by atoms with Gasteiger partial charge in [0.25, 0.3) is 11.5 Å². The van der Waals surface area contributed by atoms with Crippen molar-refractivity contribution in [2.24, 2.45) is 0 Å². The average Bonchev–Trinajstić information content (AvgIpc) is 3.23. The number of hydrogen-bond donors (Lipinski definition) is 2. The molecule has 0 bridgehead atoms. The number of likely N-dealkylation sites (tertiary alicyclic amines) is 1. The Balaban J connectivity index is 1.61. The molecule has 26 heavy (non-hydrogen) atoms. The number of nitrogens with one attached hydrogen (secondary N) is 1. The number of aromatic nitrogens is 3. The molecule has 0 spiro atoms. The van der Waals surface area contributed by atoms with E-state index < -0.39 is 0 Å². The first kappa shape index (κ1) is 18.5. The molecule has 1 aliphatic rings. The smallest absolute Gasteiger partial charge is 0.273 e. The number of thiazole rings is 1. The van der Waals surface area contributed by atoms with E-state index in [1.807, 2.05) is 17.3 Å². The van der Waals surface area contributed by atoms with Crippen LogP contribution in [0.2, 0.25) is 0 Å². The van der Waals surface area contributed by atoms with E-state index in [0.29, 0.717) is 36.9 Å². The molecule has 3 N–H and O–H groups in total. The summed E-state index contributed by atoms with van der Waals surface area (Å²) in [5, 5.41) is 2.83. The van der Waals surface area contributed by atoms with Gasteiger partial charge in [-0.15, -0.1) is 11.3 Å². The second-order valence-corrected chi connectivity index (χ2v) is 7.85. The van der Waals surface area contributed by atoms with Gasteiger partial charge in [0.05, 0.1) is 10.7 Å². The number of carbonyl (C=O) groups is 1. The molecular formula is C17H24N6O2S. The Kier molecular flexibility index (Phi) is 5.38. The van der Waals surface area contributed by atoms with E-state index in [4.69, 9.17) is 5.73 Å². The Morgan fingerprint density at radius 2 is 2.27 bits per heavy atom. The predicted octanol–water partition coefficient (Wildman–Crippen LogP) is 1.28. The number of hydrogen-bond acceptors (Lipinski definition) is 7. The standard InChI is InChI=1S/C17H24N6O2S/c1-10(2)15-20-13(9-26-15)16(25)23-5-4-12(8-23)22(3)7-11-6-14(24)21-17(18)19-11/h6,9-10,12H,4-5,7-8H2,1-3H3,(H3,18,19,21,24). The second-order valence-electron chi connectivity index (χ2n) is 6.96. The van der Waals surface area contributed by atoms with Crippen molar-refractivity contribution in [3.05, 3.63) is 38.2 Å². The summed E-state index contributed by atoms with van der Waals surface area (Å²) in [7, 11) is 1.97. The number of amides is 1. The molecular weight excluding hydrogens is 352 g/mol. The summed E-state index contributed by atoms with van der Waals surface area (Å²) in [5.41, 5.74) is 6.50. The number of likely N-dealkylation sites (N-methyl/N-ethyl adjacent to an activating group) is 1. The minimum Gasteiger partial charge on any atom is -0.369 e. The lowest BCUT2D eigenvalue weighted by Crippen LogP contribution is -2.36. The Morgan fingerprint density at radius 3 is 2.92 bits per heavy atom. The molecule has 2 aromatic heterocycles. The summed E-state index contributed by atoms with van der Waals surface area (Å²) < 4.78 is 0. The van der Waals surface area contributed by atoms with E-state index in [9.17, 15) is 9.59 Å². The van der Waals surface area contributed by atoms with Crippen LogP contribution in [0.3, 0.4) is 0 Å². The van der Waals surface area contributed by atoms with Crippen molar-refractivity contribution in [1.29, 1.82) is 0 Å². The maximum Gasteiger partial charge on any atom is 0.273 e. The molecule has 8 nitrogen and oxygen atoms in total. The molecule has 3 rings (SSSR count). The molecule has 1 aliphatic heterocycles. The summed E-state index contributed by atoms with van der Waals surface area (Å²) >= 11 is 1.53. The van der Waals surface area contributed by atoms with Crippen molar-refractivity contribution in [3.8, 4) is 0 Å². The third kappa shape index (κ3) is 4.10. The Bertz CT molecular complexity index is 846. The van der Waals surface area contributed by atoms with Crippen LogP contribution in [0.5, 0.6) is 0 Å². The minimum atomic E-state index is -0.256. The number of nitrogen functional groups attached to an aromatic ring is 1. The molecule has 0 saturated carbocycles. The molecule has 1 unspecified atom stereocenters. The number of H-pyrrole nitrogens is 1. The van der Waals surface area contributed by atoms with Crippen molar-refractivity contribution in [3.63, 3.8) is 0 Å². The quantitative estimate of drug-likeness (QED) is 0.814. The van der Waals surface area contributed by atoms with Crippen LogP contribution in [0.25, 0.3) is 0 Å². The van der Waals surface area contributed by atoms with Crippen LogP contribution in [-0.2, 0) is 6.54 Å². The molecule has 1 atom stereocenters. The van der Waals surface area contributed by atoms with Crippen LogP contribution in [0.4, 0.5) is 5.95 Å². The average molecular weight is 376 g/mol.